The Morgan fingerprint density at radius 3 is 2.81 bits per heavy atom. The molecule has 0 fully saturated rings. The second-order valence-corrected chi connectivity index (χ2v) is 4.93. The average molecular weight is 279 g/mol. The Bertz CT molecular complexity index is 751. The Balaban J connectivity index is 1.85. The Morgan fingerprint density at radius 1 is 1.00 bits per heavy atom. The summed E-state index contributed by atoms with van der Waals surface area (Å²) < 4.78 is 10.7. The van der Waals surface area contributed by atoms with Crippen molar-refractivity contribution < 1.29 is 14.3 Å². The summed E-state index contributed by atoms with van der Waals surface area (Å²) in [5, 5.41) is 0. The first-order chi connectivity index (χ1) is 10.3. The van der Waals surface area contributed by atoms with Crippen LogP contribution in [0.3, 0.4) is 0 Å². The van der Waals surface area contributed by atoms with Crippen molar-refractivity contribution in [3.8, 4) is 11.5 Å². The van der Waals surface area contributed by atoms with E-state index in [1.165, 1.54) is 0 Å². The molecule has 0 aromatic heterocycles. The maximum Gasteiger partial charge on any atom is 0.235 e. The molecule has 0 atom stereocenters. The minimum absolute atomic E-state index is 0.0371. The number of carbonyl (C=O) groups is 1. The third-order valence-electron chi connectivity index (χ3n) is 3.63. The molecule has 0 radical (unpaired) electrons. The van der Waals surface area contributed by atoms with Gasteiger partial charge in [-0.3, -0.25) is 9.69 Å². The first-order valence-corrected chi connectivity index (χ1v) is 6.81. The van der Waals surface area contributed by atoms with Crippen LogP contribution >= 0.6 is 0 Å². The topological polar surface area (TPSA) is 38.8 Å². The molecule has 0 bridgehead atoms. The van der Waals surface area contributed by atoms with E-state index in [2.05, 4.69) is 0 Å². The van der Waals surface area contributed by atoms with Crippen LogP contribution in [0.5, 0.6) is 11.5 Å². The van der Waals surface area contributed by atoms with Gasteiger partial charge in [-0.1, -0.05) is 30.4 Å². The summed E-state index contributed by atoms with van der Waals surface area (Å²) in [4.78, 5) is 14.2. The molecule has 0 N–H and O–H groups in total. The highest BCUT2D eigenvalue weighted by Gasteiger charge is 2.23. The van der Waals surface area contributed by atoms with Crippen molar-refractivity contribution in [1.82, 2.24) is 0 Å². The summed E-state index contributed by atoms with van der Waals surface area (Å²) >= 11 is 0. The number of hydrogen-bond donors (Lipinski definition) is 0. The molecule has 0 spiro atoms. The fourth-order valence-corrected chi connectivity index (χ4v) is 2.65. The van der Waals surface area contributed by atoms with Crippen LogP contribution in [0.25, 0.3) is 6.08 Å². The van der Waals surface area contributed by atoms with Gasteiger partial charge in [-0.25, -0.2) is 0 Å². The van der Waals surface area contributed by atoms with E-state index >= 15 is 0 Å². The van der Waals surface area contributed by atoms with Gasteiger partial charge >= 0.3 is 0 Å². The van der Waals surface area contributed by atoms with E-state index < -0.39 is 0 Å². The van der Waals surface area contributed by atoms with E-state index in [1.54, 1.807) is 4.90 Å². The summed E-state index contributed by atoms with van der Waals surface area (Å²) in [6, 6.07) is 13.4. The zero-order valence-corrected chi connectivity index (χ0v) is 11.3. The third-order valence-corrected chi connectivity index (χ3v) is 3.63. The SMILES string of the molecule is O=C1CC=Cc2ccccc2N1c1ccc2c(c1)OCO2. The summed E-state index contributed by atoms with van der Waals surface area (Å²) in [7, 11) is 0. The van der Waals surface area contributed by atoms with Crippen LogP contribution in [0.1, 0.15) is 12.0 Å². The molecule has 2 aromatic rings. The molecular formula is C17H13NO3. The lowest BCUT2D eigenvalue weighted by Crippen LogP contribution is -2.24. The molecule has 0 saturated heterocycles. The summed E-state index contributed by atoms with van der Waals surface area (Å²) in [5.41, 5.74) is 2.71. The van der Waals surface area contributed by atoms with Crippen LogP contribution in [0.15, 0.2) is 48.5 Å². The van der Waals surface area contributed by atoms with Gasteiger partial charge in [0.05, 0.1) is 11.4 Å². The lowest BCUT2D eigenvalue weighted by molar-refractivity contribution is -0.117. The van der Waals surface area contributed by atoms with Crippen molar-refractivity contribution in [2.24, 2.45) is 0 Å². The van der Waals surface area contributed by atoms with Crippen molar-refractivity contribution in [3.63, 3.8) is 0 Å². The van der Waals surface area contributed by atoms with E-state index in [1.807, 2.05) is 54.6 Å². The molecule has 21 heavy (non-hydrogen) atoms. The normalized spacial score (nSPS) is 15.8. The maximum absolute atomic E-state index is 12.5. The van der Waals surface area contributed by atoms with E-state index in [-0.39, 0.29) is 12.7 Å². The zero-order valence-electron chi connectivity index (χ0n) is 11.3. The fourth-order valence-electron chi connectivity index (χ4n) is 2.65. The number of amides is 1. The molecule has 2 aliphatic heterocycles. The lowest BCUT2D eigenvalue weighted by Gasteiger charge is -2.23. The summed E-state index contributed by atoms with van der Waals surface area (Å²) in [6.45, 7) is 0.227. The maximum atomic E-state index is 12.5. The van der Waals surface area contributed by atoms with E-state index in [9.17, 15) is 4.79 Å². The Hall–Kier alpha value is -2.75. The highest BCUT2D eigenvalue weighted by atomic mass is 16.7. The Kier molecular flexibility index (Phi) is 2.67. The van der Waals surface area contributed by atoms with Gasteiger partial charge in [0.1, 0.15) is 0 Å². The number of carbonyl (C=O) groups excluding carboxylic acids is 1. The molecule has 4 nitrogen and oxygen atoms in total. The smallest absolute Gasteiger partial charge is 0.235 e. The van der Waals surface area contributed by atoms with Crippen molar-refractivity contribution in [2.75, 3.05) is 11.7 Å². The highest BCUT2D eigenvalue weighted by Crippen LogP contribution is 2.39. The van der Waals surface area contributed by atoms with Crippen molar-refractivity contribution in [1.29, 1.82) is 0 Å². The third kappa shape index (κ3) is 1.96. The predicted molar refractivity (Wildman–Crippen MR) is 79.8 cm³/mol. The van der Waals surface area contributed by atoms with E-state index in [0.717, 1.165) is 16.9 Å². The quantitative estimate of drug-likeness (QED) is 0.802. The van der Waals surface area contributed by atoms with Crippen LogP contribution in [-0.4, -0.2) is 12.7 Å². The first-order valence-electron chi connectivity index (χ1n) is 6.81. The van der Waals surface area contributed by atoms with Gasteiger partial charge in [0, 0.05) is 12.5 Å². The van der Waals surface area contributed by atoms with Gasteiger partial charge in [-0.05, 0) is 23.8 Å². The van der Waals surface area contributed by atoms with Crippen molar-refractivity contribution >= 4 is 23.4 Å². The van der Waals surface area contributed by atoms with Crippen LogP contribution in [0.2, 0.25) is 0 Å². The molecule has 0 unspecified atom stereocenters. The standard InChI is InChI=1S/C17H13NO3/c19-17-7-3-5-12-4-1-2-6-14(12)18(17)13-8-9-15-16(10-13)21-11-20-15/h1-6,8-10H,7,11H2. The zero-order chi connectivity index (χ0) is 14.2. The molecule has 2 heterocycles. The Morgan fingerprint density at radius 2 is 1.86 bits per heavy atom. The van der Waals surface area contributed by atoms with Crippen LogP contribution in [0, 0.1) is 0 Å². The number of anilines is 2. The Labute approximate surface area is 122 Å². The van der Waals surface area contributed by atoms with Gasteiger partial charge in [0.2, 0.25) is 12.7 Å². The second kappa shape index (κ2) is 4.66. The highest BCUT2D eigenvalue weighted by molar-refractivity contribution is 6.04. The molecule has 2 aliphatic rings. The summed E-state index contributed by atoms with van der Waals surface area (Å²) in [5.74, 6) is 1.43. The largest absolute Gasteiger partial charge is 0.454 e. The number of ether oxygens (including phenoxy) is 2. The van der Waals surface area contributed by atoms with Crippen molar-refractivity contribution in [3.05, 3.63) is 54.1 Å². The second-order valence-electron chi connectivity index (χ2n) is 4.93. The van der Waals surface area contributed by atoms with Crippen LogP contribution < -0.4 is 14.4 Å². The van der Waals surface area contributed by atoms with Crippen LogP contribution in [-0.2, 0) is 4.79 Å². The van der Waals surface area contributed by atoms with E-state index in [0.29, 0.717) is 17.9 Å². The number of nitrogens with zero attached hydrogens (tertiary/aromatic N) is 1. The minimum atomic E-state index is 0.0371. The van der Waals surface area contributed by atoms with E-state index in [4.69, 9.17) is 9.47 Å². The monoisotopic (exact) mass is 279 g/mol. The molecule has 4 rings (SSSR count). The lowest BCUT2D eigenvalue weighted by atomic mass is 10.1. The molecule has 1 amide bonds. The predicted octanol–water partition coefficient (Wildman–Crippen LogP) is 3.50. The number of fused-ring (bicyclic) bond motifs is 2. The van der Waals surface area contributed by atoms with Crippen molar-refractivity contribution in [2.45, 2.75) is 6.42 Å². The van der Waals surface area contributed by atoms with Gasteiger partial charge in [0.15, 0.2) is 11.5 Å². The average Bonchev–Trinajstić information content (AvgIpc) is 2.90. The van der Waals surface area contributed by atoms with Gasteiger partial charge in [-0.2, -0.15) is 0 Å². The van der Waals surface area contributed by atoms with Gasteiger partial charge in [-0.15, -0.1) is 0 Å². The number of hydrogen-bond acceptors (Lipinski definition) is 3. The van der Waals surface area contributed by atoms with Gasteiger partial charge < -0.3 is 9.47 Å². The number of rotatable bonds is 1. The molecule has 4 heteroatoms. The molecule has 2 aromatic carbocycles. The molecular weight excluding hydrogens is 266 g/mol. The van der Waals surface area contributed by atoms with Crippen LogP contribution in [0.4, 0.5) is 11.4 Å². The molecule has 0 saturated carbocycles. The number of para-hydroxylation sites is 1. The van der Waals surface area contributed by atoms with Gasteiger partial charge in [0.25, 0.3) is 0 Å². The molecule has 0 aliphatic carbocycles. The number of benzene rings is 2. The minimum Gasteiger partial charge on any atom is -0.454 e. The molecule has 104 valence electrons. The fraction of sp³-hybridized carbons (Fsp3) is 0.118. The first kappa shape index (κ1) is 12.0. The summed E-state index contributed by atoms with van der Waals surface area (Å²) in [6.07, 6.45) is 4.26.